The monoisotopic (exact) mass is 297 g/mol. The van der Waals surface area contributed by atoms with Gasteiger partial charge in [0.1, 0.15) is 0 Å². The van der Waals surface area contributed by atoms with Gasteiger partial charge in [0.25, 0.3) is 0 Å². The summed E-state index contributed by atoms with van der Waals surface area (Å²) in [7, 11) is 0. The number of hydrogen-bond donors (Lipinski definition) is 2. The minimum absolute atomic E-state index is 0.483. The van der Waals surface area contributed by atoms with E-state index in [4.69, 9.17) is 12.2 Å². The Morgan fingerprint density at radius 2 is 1.71 bits per heavy atom. The van der Waals surface area contributed by atoms with E-state index < -0.39 is 0 Å². The maximum Gasteiger partial charge on any atom is 0.191 e. The van der Waals surface area contributed by atoms with Crippen molar-refractivity contribution >= 4 is 29.2 Å². The second-order valence-corrected chi connectivity index (χ2v) is 5.41. The minimum Gasteiger partial charge on any atom is -0.331 e. The summed E-state index contributed by atoms with van der Waals surface area (Å²) in [6.07, 6.45) is 1.76. The maximum atomic E-state index is 5.26. The number of nitrogens with one attached hydrogen (secondary N) is 2. The molecule has 3 nitrogen and oxygen atoms in total. The molecule has 2 rings (SSSR count). The van der Waals surface area contributed by atoms with Crippen molar-refractivity contribution in [2.24, 2.45) is 5.10 Å². The van der Waals surface area contributed by atoms with Gasteiger partial charge in [-0.3, -0.25) is 5.43 Å². The molecule has 0 saturated carbocycles. The van der Waals surface area contributed by atoms with Crippen molar-refractivity contribution in [3.63, 3.8) is 0 Å². The van der Waals surface area contributed by atoms with Crippen LogP contribution in [-0.4, -0.2) is 11.3 Å². The van der Waals surface area contributed by atoms with E-state index >= 15 is 0 Å². The van der Waals surface area contributed by atoms with Crippen molar-refractivity contribution in [3.05, 3.63) is 64.7 Å². The Labute approximate surface area is 131 Å². The number of benzene rings is 2. The van der Waals surface area contributed by atoms with Gasteiger partial charge in [0, 0.05) is 5.69 Å². The first-order valence-electron chi connectivity index (χ1n) is 6.79. The SMILES string of the molecule is Cc1cccc(/C=N/NC(=S)Nc2c(C)cccc2C)c1. The van der Waals surface area contributed by atoms with Gasteiger partial charge in [-0.15, -0.1) is 0 Å². The van der Waals surface area contributed by atoms with Gasteiger partial charge in [0.05, 0.1) is 6.21 Å². The van der Waals surface area contributed by atoms with Crippen LogP contribution in [0, 0.1) is 20.8 Å². The number of rotatable bonds is 3. The highest BCUT2D eigenvalue weighted by atomic mass is 32.1. The van der Waals surface area contributed by atoms with Gasteiger partial charge in [-0.05, 0) is 49.7 Å². The van der Waals surface area contributed by atoms with Crippen LogP contribution in [0.15, 0.2) is 47.6 Å². The van der Waals surface area contributed by atoms with E-state index in [1.54, 1.807) is 6.21 Å². The average molecular weight is 297 g/mol. The molecule has 0 aromatic heterocycles. The predicted molar refractivity (Wildman–Crippen MR) is 94.0 cm³/mol. The Kier molecular flexibility index (Phi) is 5.06. The molecule has 0 aliphatic rings. The molecule has 0 spiro atoms. The number of hydrogen-bond acceptors (Lipinski definition) is 2. The summed E-state index contributed by atoms with van der Waals surface area (Å²) in [5, 5.41) is 7.82. The van der Waals surface area contributed by atoms with Crippen LogP contribution in [0.3, 0.4) is 0 Å². The number of hydrazone groups is 1. The lowest BCUT2D eigenvalue weighted by molar-refractivity contribution is 1.05. The van der Waals surface area contributed by atoms with Gasteiger partial charge in [0.2, 0.25) is 0 Å². The van der Waals surface area contributed by atoms with E-state index in [2.05, 4.69) is 34.9 Å². The number of aryl methyl sites for hydroxylation is 3. The fraction of sp³-hybridized carbons (Fsp3) is 0.176. The molecule has 0 unspecified atom stereocenters. The zero-order chi connectivity index (χ0) is 15.2. The molecule has 2 N–H and O–H groups in total. The second-order valence-electron chi connectivity index (χ2n) is 5.01. The van der Waals surface area contributed by atoms with Crippen LogP contribution >= 0.6 is 12.2 Å². The van der Waals surface area contributed by atoms with Crippen LogP contribution in [0.25, 0.3) is 0 Å². The van der Waals surface area contributed by atoms with Crippen molar-refractivity contribution in [2.75, 3.05) is 5.32 Å². The van der Waals surface area contributed by atoms with Gasteiger partial charge in [-0.2, -0.15) is 5.10 Å². The normalized spacial score (nSPS) is 10.6. The maximum absolute atomic E-state index is 5.26. The third-order valence-electron chi connectivity index (χ3n) is 3.14. The average Bonchev–Trinajstić information content (AvgIpc) is 2.43. The lowest BCUT2D eigenvalue weighted by atomic mass is 10.1. The Hall–Kier alpha value is -2.20. The zero-order valence-electron chi connectivity index (χ0n) is 12.5. The lowest BCUT2D eigenvalue weighted by Crippen LogP contribution is -2.24. The van der Waals surface area contributed by atoms with Gasteiger partial charge >= 0.3 is 0 Å². The molecule has 4 heteroatoms. The van der Waals surface area contributed by atoms with Gasteiger partial charge < -0.3 is 5.32 Å². The first-order chi connectivity index (χ1) is 10.1. The van der Waals surface area contributed by atoms with Crippen LogP contribution < -0.4 is 10.7 Å². The summed E-state index contributed by atoms with van der Waals surface area (Å²) in [5.41, 5.74) is 8.42. The molecule has 0 saturated heterocycles. The van der Waals surface area contributed by atoms with E-state index in [0.29, 0.717) is 5.11 Å². The smallest absolute Gasteiger partial charge is 0.191 e. The van der Waals surface area contributed by atoms with E-state index in [1.165, 1.54) is 5.56 Å². The molecule has 0 atom stereocenters. The van der Waals surface area contributed by atoms with E-state index in [9.17, 15) is 0 Å². The predicted octanol–water partition coefficient (Wildman–Crippen LogP) is 3.93. The van der Waals surface area contributed by atoms with Crippen molar-refractivity contribution in [1.29, 1.82) is 0 Å². The zero-order valence-corrected chi connectivity index (χ0v) is 13.3. The highest BCUT2D eigenvalue weighted by molar-refractivity contribution is 7.80. The number of para-hydroxylation sites is 1. The van der Waals surface area contributed by atoms with Crippen LogP contribution in [0.4, 0.5) is 5.69 Å². The molecule has 0 heterocycles. The molecule has 0 aliphatic heterocycles. The summed E-state index contributed by atoms with van der Waals surface area (Å²) in [6, 6.07) is 14.2. The highest BCUT2D eigenvalue weighted by Crippen LogP contribution is 2.19. The number of thiocarbonyl (C=S) groups is 1. The molecule has 108 valence electrons. The summed E-state index contributed by atoms with van der Waals surface area (Å²) < 4.78 is 0. The molecule has 0 fully saturated rings. The molecule has 0 bridgehead atoms. The largest absolute Gasteiger partial charge is 0.331 e. The summed E-state index contributed by atoms with van der Waals surface area (Å²) >= 11 is 5.26. The third kappa shape index (κ3) is 4.39. The molecular weight excluding hydrogens is 278 g/mol. The van der Waals surface area contributed by atoms with E-state index in [-0.39, 0.29) is 0 Å². The Bertz CT molecular complexity index is 657. The first kappa shape index (κ1) is 15.2. The van der Waals surface area contributed by atoms with Gasteiger partial charge in [0.15, 0.2) is 5.11 Å². The van der Waals surface area contributed by atoms with Crippen LogP contribution in [-0.2, 0) is 0 Å². The Balaban J connectivity index is 1.96. The van der Waals surface area contributed by atoms with Gasteiger partial charge in [-0.1, -0.05) is 48.0 Å². The second kappa shape index (κ2) is 6.99. The van der Waals surface area contributed by atoms with Crippen LogP contribution in [0.5, 0.6) is 0 Å². The highest BCUT2D eigenvalue weighted by Gasteiger charge is 2.03. The molecule has 0 amide bonds. The number of anilines is 1. The fourth-order valence-corrected chi connectivity index (χ4v) is 2.22. The van der Waals surface area contributed by atoms with Crippen molar-refractivity contribution in [1.82, 2.24) is 5.43 Å². The van der Waals surface area contributed by atoms with E-state index in [0.717, 1.165) is 22.4 Å². The quantitative estimate of drug-likeness (QED) is 0.512. The molecule has 21 heavy (non-hydrogen) atoms. The van der Waals surface area contributed by atoms with Crippen LogP contribution in [0.1, 0.15) is 22.3 Å². The number of nitrogens with zero attached hydrogens (tertiary/aromatic N) is 1. The molecule has 0 radical (unpaired) electrons. The lowest BCUT2D eigenvalue weighted by Gasteiger charge is -2.12. The third-order valence-corrected chi connectivity index (χ3v) is 3.33. The summed E-state index contributed by atoms with van der Waals surface area (Å²) in [4.78, 5) is 0. The Morgan fingerprint density at radius 1 is 1.05 bits per heavy atom. The Morgan fingerprint density at radius 3 is 2.38 bits per heavy atom. The van der Waals surface area contributed by atoms with E-state index in [1.807, 2.05) is 44.2 Å². The molecular formula is C17H19N3S. The van der Waals surface area contributed by atoms with Crippen LogP contribution in [0.2, 0.25) is 0 Å². The van der Waals surface area contributed by atoms with Crippen molar-refractivity contribution in [3.8, 4) is 0 Å². The molecule has 0 aliphatic carbocycles. The van der Waals surface area contributed by atoms with Crippen molar-refractivity contribution in [2.45, 2.75) is 20.8 Å². The minimum atomic E-state index is 0.483. The standard InChI is InChI=1S/C17H19N3S/c1-12-6-4-9-15(10-12)11-18-20-17(21)19-16-13(2)7-5-8-14(16)3/h4-11H,1-3H3,(H2,19,20,21)/b18-11+. The first-order valence-corrected chi connectivity index (χ1v) is 7.20. The topological polar surface area (TPSA) is 36.4 Å². The van der Waals surface area contributed by atoms with Crippen molar-refractivity contribution < 1.29 is 0 Å². The summed E-state index contributed by atoms with van der Waals surface area (Å²) in [5.74, 6) is 0. The summed E-state index contributed by atoms with van der Waals surface area (Å²) in [6.45, 7) is 6.15. The molecule has 2 aromatic rings. The fourth-order valence-electron chi connectivity index (χ4n) is 2.07. The molecule has 2 aromatic carbocycles. The van der Waals surface area contributed by atoms with Gasteiger partial charge in [-0.25, -0.2) is 0 Å².